The maximum absolute atomic E-state index is 13.0. The highest BCUT2D eigenvalue weighted by Gasteiger charge is 2.19. The molecule has 24 heavy (non-hydrogen) atoms. The average molecular weight is 404 g/mol. The molecular formula is C18H18BrN3OS. The first-order valence-electron chi connectivity index (χ1n) is 7.98. The minimum absolute atomic E-state index is 0.800. The molecule has 2 heterocycles. The largest absolute Gasteiger partial charge is 0.368 e. The smallest absolute Gasteiger partial charge is 0.157 e. The summed E-state index contributed by atoms with van der Waals surface area (Å²) in [7, 11) is -1.26. The van der Waals surface area contributed by atoms with E-state index in [0.717, 1.165) is 46.5 Å². The van der Waals surface area contributed by atoms with E-state index < -0.39 is 11.0 Å². The summed E-state index contributed by atoms with van der Waals surface area (Å²) in [6.45, 7) is 3.95. The summed E-state index contributed by atoms with van der Waals surface area (Å²) in [4.78, 5) is 3.19. The SMILES string of the molecule is O=S(c1ccccc1)n1cc(Br)c2c(N3CCNCC3)cccc21. The van der Waals surface area contributed by atoms with Gasteiger partial charge in [-0.25, -0.2) is 4.21 Å². The molecule has 0 bridgehead atoms. The summed E-state index contributed by atoms with van der Waals surface area (Å²) in [6.07, 6.45) is 1.93. The normalized spacial score (nSPS) is 16.5. The van der Waals surface area contributed by atoms with Gasteiger partial charge in [0, 0.05) is 47.9 Å². The summed E-state index contributed by atoms with van der Waals surface area (Å²) in [5.41, 5.74) is 2.18. The van der Waals surface area contributed by atoms with Crippen molar-refractivity contribution >= 4 is 43.5 Å². The lowest BCUT2D eigenvalue weighted by Crippen LogP contribution is -2.43. The molecular weight excluding hydrogens is 386 g/mol. The molecule has 1 unspecified atom stereocenters. The van der Waals surface area contributed by atoms with Crippen molar-refractivity contribution in [1.29, 1.82) is 0 Å². The summed E-state index contributed by atoms with van der Waals surface area (Å²) in [5.74, 6) is 0. The van der Waals surface area contributed by atoms with Crippen molar-refractivity contribution in [3.8, 4) is 0 Å². The molecule has 0 radical (unpaired) electrons. The van der Waals surface area contributed by atoms with Gasteiger partial charge in [0.25, 0.3) is 0 Å². The number of nitrogens with zero attached hydrogens (tertiary/aromatic N) is 2. The summed E-state index contributed by atoms with van der Waals surface area (Å²) >= 11 is 3.68. The molecule has 1 fully saturated rings. The Labute approximate surface area is 152 Å². The number of hydrogen-bond donors (Lipinski definition) is 1. The molecule has 6 heteroatoms. The predicted molar refractivity (Wildman–Crippen MR) is 103 cm³/mol. The molecule has 1 saturated heterocycles. The second kappa shape index (κ2) is 6.70. The van der Waals surface area contributed by atoms with Crippen LogP contribution in [-0.4, -0.2) is 34.4 Å². The summed E-state index contributed by atoms with van der Waals surface area (Å²) in [5, 5.41) is 4.51. The molecule has 1 aliphatic heterocycles. The average Bonchev–Trinajstić information content (AvgIpc) is 2.99. The number of rotatable bonds is 3. The van der Waals surface area contributed by atoms with E-state index in [1.807, 2.05) is 52.6 Å². The van der Waals surface area contributed by atoms with Crippen LogP contribution in [0.25, 0.3) is 10.9 Å². The molecule has 0 aliphatic carbocycles. The Hall–Kier alpha value is -1.63. The highest BCUT2D eigenvalue weighted by Crippen LogP contribution is 2.35. The van der Waals surface area contributed by atoms with Gasteiger partial charge in [-0.3, -0.25) is 3.97 Å². The number of benzene rings is 2. The number of piperazine rings is 1. The van der Waals surface area contributed by atoms with Crippen molar-refractivity contribution in [1.82, 2.24) is 9.29 Å². The van der Waals surface area contributed by atoms with E-state index in [0.29, 0.717) is 0 Å². The zero-order valence-electron chi connectivity index (χ0n) is 13.1. The first-order valence-corrected chi connectivity index (χ1v) is 9.88. The molecule has 0 spiro atoms. The van der Waals surface area contributed by atoms with Gasteiger partial charge in [0.05, 0.1) is 10.4 Å². The van der Waals surface area contributed by atoms with Gasteiger partial charge in [0.15, 0.2) is 11.0 Å². The van der Waals surface area contributed by atoms with Gasteiger partial charge in [-0.1, -0.05) is 24.3 Å². The lowest BCUT2D eigenvalue weighted by molar-refractivity contribution is 0.590. The van der Waals surface area contributed by atoms with E-state index in [2.05, 4.69) is 32.2 Å². The maximum atomic E-state index is 13.0. The summed E-state index contributed by atoms with van der Waals surface area (Å²) in [6, 6.07) is 15.8. The number of anilines is 1. The van der Waals surface area contributed by atoms with E-state index in [9.17, 15) is 4.21 Å². The van der Waals surface area contributed by atoms with Crippen LogP contribution in [0.5, 0.6) is 0 Å². The third-order valence-electron chi connectivity index (χ3n) is 4.31. The second-order valence-corrected chi connectivity index (χ2v) is 7.99. The molecule has 1 aromatic heterocycles. The van der Waals surface area contributed by atoms with Crippen LogP contribution in [0.4, 0.5) is 5.69 Å². The monoisotopic (exact) mass is 403 g/mol. The van der Waals surface area contributed by atoms with E-state index >= 15 is 0 Å². The standard InChI is InChI=1S/C18H18BrN3OS/c19-15-13-22(24(23)14-5-2-1-3-6-14)17-8-4-7-16(18(15)17)21-11-9-20-10-12-21/h1-8,13,20H,9-12H2. The topological polar surface area (TPSA) is 37.3 Å². The van der Waals surface area contributed by atoms with Gasteiger partial charge in [-0.05, 0) is 40.2 Å². The molecule has 2 aromatic carbocycles. The van der Waals surface area contributed by atoms with Crippen molar-refractivity contribution in [3.05, 3.63) is 59.2 Å². The fourth-order valence-electron chi connectivity index (χ4n) is 3.15. The number of nitrogens with one attached hydrogen (secondary N) is 1. The molecule has 0 saturated carbocycles. The number of aromatic nitrogens is 1. The fraction of sp³-hybridized carbons (Fsp3) is 0.222. The van der Waals surface area contributed by atoms with Gasteiger partial charge in [-0.2, -0.15) is 0 Å². The molecule has 1 aliphatic rings. The fourth-order valence-corrected chi connectivity index (χ4v) is 5.05. The van der Waals surface area contributed by atoms with E-state index in [-0.39, 0.29) is 0 Å². The third-order valence-corrected chi connectivity index (χ3v) is 6.24. The van der Waals surface area contributed by atoms with E-state index in [1.165, 1.54) is 5.69 Å². The minimum Gasteiger partial charge on any atom is -0.368 e. The van der Waals surface area contributed by atoms with Crippen LogP contribution in [0.15, 0.2) is 64.1 Å². The van der Waals surface area contributed by atoms with Crippen LogP contribution < -0.4 is 10.2 Å². The number of hydrogen-bond acceptors (Lipinski definition) is 3. The van der Waals surface area contributed by atoms with Crippen molar-refractivity contribution in [2.75, 3.05) is 31.1 Å². The number of halogens is 1. The zero-order valence-corrected chi connectivity index (χ0v) is 15.5. The van der Waals surface area contributed by atoms with E-state index in [4.69, 9.17) is 0 Å². The first kappa shape index (κ1) is 15.9. The number of fused-ring (bicyclic) bond motifs is 1. The molecule has 4 nitrogen and oxygen atoms in total. The van der Waals surface area contributed by atoms with Crippen LogP contribution in [0.2, 0.25) is 0 Å². The Morgan fingerprint density at radius 1 is 1.00 bits per heavy atom. The van der Waals surface area contributed by atoms with Crippen LogP contribution >= 0.6 is 15.9 Å². The van der Waals surface area contributed by atoms with Crippen LogP contribution in [0.1, 0.15) is 0 Å². The highest BCUT2D eigenvalue weighted by molar-refractivity contribution is 9.10. The molecule has 1 atom stereocenters. The zero-order chi connectivity index (χ0) is 16.5. The molecule has 3 aromatic rings. The molecule has 1 N–H and O–H groups in total. The molecule has 124 valence electrons. The lowest BCUT2D eigenvalue weighted by atomic mass is 10.2. The Bertz CT molecular complexity index is 888. The Balaban J connectivity index is 1.83. The first-order chi connectivity index (χ1) is 11.8. The minimum atomic E-state index is -1.26. The predicted octanol–water partition coefficient (Wildman–Crippen LogP) is 3.38. The molecule has 4 rings (SSSR count). The van der Waals surface area contributed by atoms with Crippen LogP contribution in [-0.2, 0) is 11.0 Å². The van der Waals surface area contributed by atoms with Gasteiger partial charge in [-0.15, -0.1) is 0 Å². The quantitative estimate of drug-likeness (QED) is 0.727. The highest BCUT2D eigenvalue weighted by atomic mass is 79.9. The Morgan fingerprint density at radius 2 is 1.75 bits per heavy atom. The second-order valence-electron chi connectivity index (χ2n) is 5.77. The molecule has 0 amide bonds. The van der Waals surface area contributed by atoms with Crippen LogP contribution in [0.3, 0.4) is 0 Å². The van der Waals surface area contributed by atoms with E-state index in [1.54, 1.807) is 0 Å². The Morgan fingerprint density at radius 3 is 2.50 bits per heavy atom. The maximum Gasteiger partial charge on any atom is 0.157 e. The van der Waals surface area contributed by atoms with Crippen molar-refractivity contribution in [2.24, 2.45) is 0 Å². The van der Waals surface area contributed by atoms with Crippen molar-refractivity contribution in [2.45, 2.75) is 4.90 Å². The van der Waals surface area contributed by atoms with Crippen molar-refractivity contribution < 1.29 is 4.21 Å². The van der Waals surface area contributed by atoms with Gasteiger partial charge in [0.1, 0.15) is 0 Å². The third kappa shape index (κ3) is 2.79. The lowest BCUT2D eigenvalue weighted by Gasteiger charge is -2.30. The summed E-state index contributed by atoms with van der Waals surface area (Å²) < 4.78 is 15.8. The Kier molecular flexibility index (Phi) is 4.43. The van der Waals surface area contributed by atoms with Gasteiger partial charge in [0.2, 0.25) is 0 Å². The van der Waals surface area contributed by atoms with Gasteiger partial charge < -0.3 is 10.2 Å². The van der Waals surface area contributed by atoms with Crippen molar-refractivity contribution in [3.63, 3.8) is 0 Å². The van der Waals surface area contributed by atoms with Gasteiger partial charge >= 0.3 is 0 Å². The van der Waals surface area contributed by atoms with Crippen LogP contribution in [0, 0.1) is 0 Å².